The second-order valence-electron chi connectivity index (χ2n) is 14.0. The minimum Gasteiger partial charge on any atom is -0.464 e. The average Bonchev–Trinajstić information content (AvgIpc) is 3.05. The Morgan fingerprint density at radius 3 is 1.70 bits per heavy atom. The molecule has 0 saturated carbocycles. The summed E-state index contributed by atoms with van der Waals surface area (Å²) in [7, 11) is -3.68. The van der Waals surface area contributed by atoms with Crippen molar-refractivity contribution in [3.05, 3.63) is 82.9 Å². The summed E-state index contributed by atoms with van der Waals surface area (Å²) in [5.74, 6) is -7.32. The molecule has 53 heavy (non-hydrogen) atoms. The highest BCUT2D eigenvalue weighted by Crippen LogP contribution is 2.35. The highest BCUT2D eigenvalue weighted by atomic mass is 32.2. The maximum atomic E-state index is 15.1. The van der Waals surface area contributed by atoms with Gasteiger partial charge in [0.15, 0.2) is 17.8 Å². The second-order valence-corrected chi connectivity index (χ2v) is 17.9. The molecule has 0 fully saturated rings. The van der Waals surface area contributed by atoms with E-state index in [4.69, 9.17) is 0 Å². The van der Waals surface area contributed by atoms with Crippen LogP contribution in [0.1, 0.15) is 86.8 Å². The molecule has 8 nitrogen and oxygen atoms in total. The van der Waals surface area contributed by atoms with E-state index in [9.17, 15) is 40.0 Å². The van der Waals surface area contributed by atoms with E-state index in [1.54, 1.807) is 41.5 Å². The fourth-order valence-corrected chi connectivity index (χ4v) is 6.18. The molecule has 0 bridgehead atoms. The van der Waals surface area contributed by atoms with Gasteiger partial charge in [0.1, 0.15) is 18.2 Å². The van der Waals surface area contributed by atoms with Gasteiger partial charge in [-0.25, -0.2) is 53.8 Å². The fourth-order valence-electron chi connectivity index (χ4n) is 4.34. The first kappa shape index (κ1) is 47.9. The summed E-state index contributed by atoms with van der Waals surface area (Å²) in [4.78, 5) is 22.9. The standard InChI is InChI=1S/C18H25F4NO3S.C18H24F3NO3S/c1-6-26-16(24)13(20)10-14(21)18(5,23-27(25)17(2,3)4)11-8-7-9-12(19)15(11)22;1-6-25-16(23)14(20)11-15(21)18(5,22-26(24)17(2,3)4)12-9-7-8-10-13(12)19/h7-9,13-14,23H,6,10H2,1-5H3;7-11,15,22H,6H2,1-5H3/t13?,14-,18+,27+;15-,18-,26-/m01/s1. The van der Waals surface area contributed by atoms with Crippen molar-refractivity contribution < 1.29 is 58.2 Å². The number of hydrogen-bond donors (Lipinski definition) is 2. The molecule has 300 valence electrons. The van der Waals surface area contributed by atoms with Gasteiger partial charge in [0, 0.05) is 17.5 Å². The van der Waals surface area contributed by atoms with Crippen LogP contribution < -0.4 is 9.44 Å². The largest absolute Gasteiger partial charge is 0.464 e. The van der Waals surface area contributed by atoms with Crippen molar-refractivity contribution in [1.29, 1.82) is 0 Å². The Bertz CT molecular complexity index is 1640. The number of carbonyl (C=O) groups is 2. The number of hydrogen-bond acceptors (Lipinski definition) is 6. The lowest BCUT2D eigenvalue weighted by molar-refractivity contribution is -0.150. The van der Waals surface area contributed by atoms with E-state index < -0.39 is 108 Å². The highest BCUT2D eigenvalue weighted by Gasteiger charge is 2.45. The maximum Gasteiger partial charge on any atom is 0.366 e. The SMILES string of the molecule is CCOC(=O)C(F)=C[C@@H](F)[C@](C)(N[S@](=O)C(C)(C)C)c1ccccc1F.CCOC(=O)C(F)C[C@H](F)[C@](C)(N[S@](=O)C(C)(C)C)c1cccc(F)c1F. The summed E-state index contributed by atoms with van der Waals surface area (Å²) in [6.45, 7) is 15.0. The lowest BCUT2D eigenvalue weighted by Gasteiger charge is -2.37. The molecule has 0 aliphatic rings. The predicted octanol–water partition coefficient (Wildman–Crippen LogP) is 7.71. The van der Waals surface area contributed by atoms with Gasteiger partial charge < -0.3 is 9.47 Å². The van der Waals surface area contributed by atoms with E-state index in [1.165, 1.54) is 45.0 Å². The Labute approximate surface area is 311 Å². The summed E-state index contributed by atoms with van der Waals surface area (Å²) < 4.78 is 138. The van der Waals surface area contributed by atoms with Crippen molar-refractivity contribution in [3.8, 4) is 0 Å². The first-order valence-electron chi connectivity index (χ1n) is 16.5. The summed E-state index contributed by atoms with van der Waals surface area (Å²) in [6.07, 6.45) is -7.29. The second kappa shape index (κ2) is 20.0. The van der Waals surface area contributed by atoms with Gasteiger partial charge in [-0.3, -0.25) is 0 Å². The van der Waals surface area contributed by atoms with Crippen LogP contribution in [0, 0.1) is 17.5 Å². The molecule has 2 rings (SSSR count). The van der Waals surface area contributed by atoms with Crippen molar-refractivity contribution in [2.24, 2.45) is 0 Å². The number of nitrogens with one attached hydrogen (secondary N) is 2. The molecule has 0 aromatic heterocycles. The minimum atomic E-state index is -2.30. The first-order chi connectivity index (χ1) is 24.3. The molecular formula is C36H49F7N2O6S2. The zero-order chi connectivity index (χ0) is 41.1. The summed E-state index contributed by atoms with van der Waals surface area (Å²) >= 11 is 0. The van der Waals surface area contributed by atoms with E-state index >= 15 is 8.78 Å². The fraction of sp³-hybridized carbons (Fsp3) is 0.556. The van der Waals surface area contributed by atoms with Crippen LogP contribution in [0.15, 0.2) is 54.4 Å². The number of ether oxygens (including phenoxy) is 2. The van der Waals surface area contributed by atoms with Crippen molar-refractivity contribution >= 4 is 33.9 Å². The van der Waals surface area contributed by atoms with Crippen molar-refractivity contribution in [2.45, 2.75) is 115 Å². The van der Waals surface area contributed by atoms with E-state index in [-0.39, 0.29) is 18.8 Å². The number of halogens is 7. The Kier molecular flexibility index (Phi) is 18.0. The normalized spacial score (nSPS) is 17.5. The molecule has 2 N–H and O–H groups in total. The van der Waals surface area contributed by atoms with Gasteiger partial charge in [-0.05, 0) is 87.4 Å². The number of benzene rings is 2. The molecule has 2 aromatic rings. The lowest BCUT2D eigenvalue weighted by Crippen LogP contribution is -2.53. The third-order valence-electron chi connectivity index (χ3n) is 7.56. The van der Waals surface area contributed by atoms with E-state index in [0.29, 0.717) is 6.08 Å². The zero-order valence-electron chi connectivity index (χ0n) is 31.4. The minimum absolute atomic E-state index is 0.0755. The van der Waals surface area contributed by atoms with Crippen molar-refractivity contribution in [2.75, 3.05) is 13.2 Å². The maximum absolute atomic E-state index is 15.1. The quantitative estimate of drug-likeness (QED) is 0.109. The van der Waals surface area contributed by atoms with Gasteiger partial charge in [-0.15, -0.1) is 0 Å². The molecule has 1 unspecified atom stereocenters. The molecular weight excluding hydrogens is 754 g/mol. The summed E-state index contributed by atoms with van der Waals surface area (Å²) in [5.41, 5.74) is -4.53. The third kappa shape index (κ3) is 13.3. The topological polar surface area (TPSA) is 111 Å². The molecule has 0 saturated heterocycles. The molecule has 7 atom stereocenters. The van der Waals surface area contributed by atoms with E-state index in [1.807, 2.05) is 0 Å². The number of carbonyl (C=O) groups excluding carboxylic acids is 2. The van der Waals surface area contributed by atoms with Crippen LogP contribution in [0.2, 0.25) is 0 Å². The van der Waals surface area contributed by atoms with Crippen LogP contribution in [0.5, 0.6) is 0 Å². The number of rotatable bonds is 15. The Hall–Kier alpha value is -3.15. The van der Waals surface area contributed by atoms with Gasteiger partial charge in [0.25, 0.3) is 0 Å². The first-order valence-corrected chi connectivity index (χ1v) is 18.8. The monoisotopic (exact) mass is 802 g/mol. The smallest absolute Gasteiger partial charge is 0.366 e. The van der Waals surface area contributed by atoms with Crippen LogP contribution in [-0.4, -0.2) is 61.6 Å². The third-order valence-corrected chi connectivity index (χ3v) is 11.0. The molecule has 0 heterocycles. The molecule has 0 radical (unpaired) electrons. The molecule has 17 heteroatoms. The highest BCUT2D eigenvalue weighted by molar-refractivity contribution is 7.84. The van der Waals surface area contributed by atoms with Crippen LogP contribution in [-0.2, 0) is 52.1 Å². The molecule has 0 spiro atoms. The van der Waals surface area contributed by atoms with E-state index in [0.717, 1.165) is 25.1 Å². The Morgan fingerprint density at radius 1 is 0.736 bits per heavy atom. The lowest BCUT2D eigenvalue weighted by atomic mass is 9.85. The molecule has 0 aliphatic heterocycles. The van der Waals surface area contributed by atoms with Crippen molar-refractivity contribution in [1.82, 2.24) is 9.44 Å². The Balaban J connectivity index is 0.000000530. The predicted molar refractivity (Wildman–Crippen MR) is 191 cm³/mol. The van der Waals surface area contributed by atoms with Crippen LogP contribution >= 0.6 is 0 Å². The number of alkyl halides is 3. The Morgan fingerprint density at radius 2 is 1.21 bits per heavy atom. The number of esters is 2. The molecule has 2 aromatic carbocycles. The van der Waals surface area contributed by atoms with Gasteiger partial charge in [-0.1, -0.05) is 30.3 Å². The van der Waals surface area contributed by atoms with Crippen LogP contribution in [0.4, 0.5) is 30.7 Å². The zero-order valence-corrected chi connectivity index (χ0v) is 33.0. The average molecular weight is 803 g/mol. The van der Waals surface area contributed by atoms with Gasteiger partial charge in [-0.2, -0.15) is 4.39 Å². The molecule has 0 amide bonds. The van der Waals surface area contributed by atoms with E-state index in [2.05, 4.69) is 18.9 Å². The van der Waals surface area contributed by atoms with Crippen LogP contribution in [0.25, 0.3) is 0 Å². The van der Waals surface area contributed by atoms with Gasteiger partial charge >= 0.3 is 11.9 Å². The van der Waals surface area contributed by atoms with Gasteiger partial charge in [0.05, 0.1) is 55.8 Å². The summed E-state index contributed by atoms with van der Waals surface area (Å²) in [6, 6.07) is 8.47. The van der Waals surface area contributed by atoms with Crippen molar-refractivity contribution in [3.63, 3.8) is 0 Å². The van der Waals surface area contributed by atoms with Gasteiger partial charge in [0.2, 0.25) is 5.83 Å². The molecule has 0 aliphatic carbocycles. The van der Waals surface area contributed by atoms with Crippen LogP contribution in [0.3, 0.4) is 0 Å². The summed E-state index contributed by atoms with van der Waals surface area (Å²) in [5, 5.41) is 0.